The maximum absolute atomic E-state index is 9.88. The summed E-state index contributed by atoms with van der Waals surface area (Å²) in [7, 11) is 0. The quantitative estimate of drug-likeness (QED) is 0.738. The van der Waals surface area contributed by atoms with E-state index in [1.54, 1.807) is 10.9 Å². The first kappa shape index (κ1) is 11.6. The van der Waals surface area contributed by atoms with Gasteiger partial charge in [0.2, 0.25) is 0 Å². The van der Waals surface area contributed by atoms with Crippen LogP contribution in [0, 0.1) is 0 Å². The zero-order chi connectivity index (χ0) is 11.4. The Morgan fingerprint density at radius 2 is 2.31 bits per heavy atom. The summed E-state index contributed by atoms with van der Waals surface area (Å²) in [6.07, 6.45) is 4.78. The van der Waals surface area contributed by atoms with Gasteiger partial charge in [0.05, 0.1) is 18.8 Å². The minimum absolute atomic E-state index is 0.231. The molecule has 0 saturated carbocycles. The molecule has 2 rings (SSSR count). The summed E-state index contributed by atoms with van der Waals surface area (Å²) in [5, 5.41) is 23.4. The van der Waals surface area contributed by atoms with E-state index >= 15 is 0 Å². The largest absolute Gasteiger partial charge is 0.392 e. The van der Waals surface area contributed by atoms with E-state index in [-0.39, 0.29) is 6.10 Å². The van der Waals surface area contributed by atoms with Crippen molar-refractivity contribution in [2.45, 2.75) is 31.6 Å². The van der Waals surface area contributed by atoms with Crippen LogP contribution in [0.2, 0.25) is 0 Å². The van der Waals surface area contributed by atoms with Crippen LogP contribution in [0.5, 0.6) is 0 Å². The van der Waals surface area contributed by atoms with Gasteiger partial charge < -0.3 is 10.2 Å². The normalized spacial score (nSPS) is 24.5. The third kappa shape index (κ3) is 3.30. The summed E-state index contributed by atoms with van der Waals surface area (Å²) in [5.41, 5.74) is 0. The molecule has 16 heavy (non-hydrogen) atoms. The standard InChI is InChI=1S/C11H19N3O2/c15-10-3-1-5-13(7-10)8-11(16)9-14-6-2-4-12-14/h2,4,6,10-11,15-16H,1,3,5,7-9H2. The highest BCUT2D eigenvalue weighted by molar-refractivity contribution is 4.80. The summed E-state index contributed by atoms with van der Waals surface area (Å²) in [5.74, 6) is 0. The molecule has 0 spiro atoms. The highest BCUT2D eigenvalue weighted by atomic mass is 16.3. The summed E-state index contributed by atoms with van der Waals surface area (Å²) < 4.78 is 1.73. The average molecular weight is 225 g/mol. The lowest BCUT2D eigenvalue weighted by molar-refractivity contribution is 0.0338. The van der Waals surface area contributed by atoms with Gasteiger partial charge in [0.1, 0.15) is 0 Å². The van der Waals surface area contributed by atoms with Crippen molar-refractivity contribution < 1.29 is 10.2 Å². The molecule has 2 heterocycles. The van der Waals surface area contributed by atoms with Gasteiger partial charge in [-0.15, -0.1) is 0 Å². The number of likely N-dealkylation sites (tertiary alicyclic amines) is 1. The molecule has 1 aromatic rings. The molecule has 0 bridgehead atoms. The molecule has 90 valence electrons. The minimum Gasteiger partial charge on any atom is -0.392 e. The number of β-amino-alcohol motifs (C(OH)–C–C–N with tert-alkyl or cyclic N) is 2. The topological polar surface area (TPSA) is 61.5 Å². The van der Waals surface area contributed by atoms with Crippen molar-refractivity contribution in [3.8, 4) is 0 Å². The van der Waals surface area contributed by atoms with Gasteiger partial charge in [-0.1, -0.05) is 0 Å². The van der Waals surface area contributed by atoms with Crippen LogP contribution in [-0.2, 0) is 6.54 Å². The van der Waals surface area contributed by atoms with Crippen LogP contribution in [0.4, 0.5) is 0 Å². The fraction of sp³-hybridized carbons (Fsp3) is 0.727. The molecule has 0 aromatic carbocycles. The summed E-state index contributed by atoms with van der Waals surface area (Å²) in [6.45, 7) is 2.76. The number of aromatic nitrogens is 2. The Morgan fingerprint density at radius 1 is 1.44 bits per heavy atom. The van der Waals surface area contributed by atoms with Gasteiger partial charge in [-0.25, -0.2) is 0 Å². The van der Waals surface area contributed by atoms with Crippen LogP contribution < -0.4 is 0 Å². The molecule has 5 heteroatoms. The Hall–Kier alpha value is -0.910. The molecule has 2 atom stereocenters. The predicted octanol–water partition coefficient (Wildman–Crippen LogP) is -0.299. The van der Waals surface area contributed by atoms with Gasteiger partial charge in [0.25, 0.3) is 0 Å². The predicted molar refractivity (Wildman–Crippen MR) is 59.9 cm³/mol. The number of aliphatic hydroxyl groups is 2. The summed E-state index contributed by atoms with van der Waals surface area (Å²) in [4.78, 5) is 2.11. The maximum Gasteiger partial charge on any atom is 0.0862 e. The van der Waals surface area contributed by atoms with Crippen molar-refractivity contribution in [2.24, 2.45) is 0 Å². The van der Waals surface area contributed by atoms with Crippen LogP contribution in [-0.4, -0.2) is 56.7 Å². The molecular weight excluding hydrogens is 206 g/mol. The molecule has 1 aliphatic rings. The summed E-state index contributed by atoms with van der Waals surface area (Å²) in [6, 6.07) is 1.84. The second-order valence-electron chi connectivity index (χ2n) is 4.44. The van der Waals surface area contributed by atoms with Crippen molar-refractivity contribution in [3.05, 3.63) is 18.5 Å². The average Bonchev–Trinajstić information content (AvgIpc) is 2.70. The van der Waals surface area contributed by atoms with Gasteiger partial charge in [-0.2, -0.15) is 5.10 Å². The van der Waals surface area contributed by atoms with E-state index < -0.39 is 6.10 Å². The van der Waals surface area contributed by atoms with E-state index in [2.05, 4.69) is 10.00 Å². The van der Waals surface area contributed by atoms with Crippen molar-refractivity contribution in [2.75, 3.05) is 19.6 Å². The Bertz CT molecular complexity index is 302. The van der Waals surface area contributed by atoms with Crippen LogP contribution in [0.15, 0.2) is 18.5 Å². The van der Waals surface area contributed by atoms with Gasteiger partial charge >= 0.3 is 0 Å². The zero-order valence-corrected chi connectivity index (χ0v) is 9.37. The molecule has 5 nitrogen and oxygen atoms in total. The Kier molecular flexibility index (Phi) is 3.93. The van der Waals surface area contributed by atoms with Crippen molar-refractivity contribution in [1.82, 2.24) is 14.7 Å². The van der Waals surface area contributed by atoms with E-state index in [0.29, 0.717) is 19.6 Å². The summed E-state index contributed by atoms with van der Waals surface area (Å²) >= 11 is 0. The molecule has 0 aliphatic carbocycles. The second kappa shape index (κ2) is 5.43. The van der Waals surface area contributed by atoms with Crippen LogP contribution in [0.25, 0.3) is 0 Å². The van der Waals surface area contributed by atoms with Crippen molar-refractivity contribution in [3.63, 3.8) is 0 Å². The number of rotatable bonds is 4. The number of nitrogens with zero attached hydrogens (tertiary/aromatic N) is 3. The first-order valence-electron chi connectivity index (χ1n) is 5.80. The zero-order valence-electron chi connectivity index (χ0n) is 9.37. The first-order chi connectivity index (χ1) is 7.74. The van der Waals surface area contributed by atoms with E-state index in [1.807, 2.05) is 12.3 Å². The fourth-order valence-electron chi connectivity index (χ4n) is 2.18. The van der Waals surface area contributed by atoms with Crippen LogP contribution in [0.1, 0.15) is 12.8 Å². The number of hydrogen-bond acceptors (Lipinski definition) is 4. The molecule has 1 aromatic heterocycles. The minimum atomic E-state index is -0.426. The Labute approximate surface area is 95.3 Å². The Balaban J connectivity index is 1.76. The lowest BCUT2D eigenvalue weighted by Crippen LogP contribution is -2.43. The molecule has 1 saturated heterocycles. The third-order valence-electron chi connectivity index (χ3n) is 2.91. The van der Waals surface area contributed by atoms with Crippen LogP contribution >= 0.6 is 0 Å². The van der Waals surface area contributed by atoms with E-state index in [0.717, 1.165) is 19.4 Å². The van der Waals surface area contributed by atoms with Crippen LogP contribution in [0.3, 0.4) is 0 Å². The number of piperidine rings is 1. The lowest BCUT2D eigenvalue weighted by atomic mass is 10.1. The molecule has 1 aliphatic heterocycles. The maximum atomic E-state index is 9.88. The molecule has 1 fully saturated rings. The molecule has 2 unspecified atom stereocenters. The number of hydrogen-bond donors (Lipinski definition) is 2. The molecular formula is C11H19N3O2. The van der Waals surface area contributed by atoms with Gasteiger partial charge in [0, 0.05) is 25.5 Å². The highest BCUT2D eigenvalue weighted by Gasteiger charge is 2.19. The van der Waals surface area contributed by atoms with Gasteiger partial charge in [0.15, 0.2) is 0 Å². The smallest absolute Gasteiger partial charge is 0.0862 e. The number of aliphatic hydroxyl groups excluding tert-OH is 2. The highest BCUT2D eigenvalue weighted by Crippen LogP contribution is 2.10. The van der Waals surface area contributed by atoms with Gasteiger partial charge in [-0.05, 0) is 25.5 Å². The molecule has 0 radical (unpaired) electrons. The van der Waals surface area contributed by atoms with E-state index in [1.165, 1.54) is 0 Å². The van der Waals surface area contributed by atoms with E-state index in [9.17, 15) is 10.2 Å². The first-order valence-corrected chi connectivity index (χ1v) is 5.80. The Morgan fingerprint density at radius 3 is 3.00 bits per heavy atom. The third-order valence-corrected chi connectivity index (χ3v) is 2.91. The van der Waals surface area contributed by atoms with Crippen molar-refractivity contribution >= 4 is 0 Å². The SMILES string of the molecule is OC1CCCN(CC(O)Cn2cccn2)C1. The van der Waals surface area contributed by atoms with Gasteiger partial charge in [-0.3, -0.25) is 9.58 Å². The molecule has 0 amide bonds. The second-order valence-corrected chi connectivity index (χ2v) is 4.44. The van der Waals surface area contributed by atoms with Crippen molar-refractivity contribution in [1.29, 1.82) is 0 Å². The lowest BCUT2D eigenvalue weighted by Gasteiger charge is -2.31. The fourth-order valence-corrected chi connectivity index (χ4v) is 2.18. The van der Waals surface area contributed by atoms with E-state index in [4.69, 9.17) is 0 Å². The molecule has 2 N–H and O–H groups in total. The monoisotopic (exact) mass is 225 g/mol.